The number of nitrogens with zero attached hydrogens (tertiary/aromatic N) is 2. The molecule has 0 atom stereocenters. The van der Waals surface area contributed by atoms with Crippen molar-refractivity contribution in [2.75, 3.05) is 5.73 Å². The Bertz CT molecular complexity index is 511. The molecule has 0 saturated heterocycles. The van der Waals surface area contributed by atoms with Gasteiger partial charge in [0, 0.05) is 16.8 Å². The first-order valence-corrected chi connectivity index (χ1v) is 5.49. The first-order valence-electron chi connectivity index (χ1n) is 4.67. The molecule has 0 aliphatic carbocycles. The second kappa shape index (κ2) is 4.69. The van der Waals surface area contributed by atoms with E-state index in [-0.39, 0.29) is 0 Å². The molecule has 0 unspecified atom stereocenters. The van der Waals surface area contributed by atoms with Gasteiger partial charge in [0.15, 0.2) is 0 Å². The van der Waals surface area contributed by atoms with Gasteiger partial charge in [0.1, 0.15) is 11.1 Å². The minimum atomic E-state index is 0.571. The average molecular weight is 227 g/mol. The molecule has 4 heteroatoms. The number of nitriles is 1. The summed E-state index contributed by atoms with van der Waals surface area (Å²) in [6.45, 7) is 0. The van der Waals surface area contributed by atoms with Gasteiger partial charge in [0.2, 0.25) is 0 Å². The Labute approximate surface area is 97.9 Å². The van der Waals surface area contributed by atoms with E-state index in [9.17, 15) is 0 Å². The standard InChI is InChI=1S/C12H9N3S/c13-7-9-1-6-12(15-8-9)16-11-4-2-10(14)3-5-11/h1-6,8H,14H2. The predicted molar refractivity (Wildman–Crippen MR) is 63.9 cm³/mol. The summed E-state index contributed by atoms with van der Waals surface area (Å²) in [7, 11) is 0. The highest BCUT2D eigenvalue weighted by molar-refractivity contribution is 7.99. The lowest BCUT2D eigenvalue weighted by Crippen LogP contribution is -1.84. The van der Waals surface area contributed by atoms with Gasteiger partial charge in [0.25, 0.3) is 0 Å². The second-order valence-corrected chi connectivity index (χ2v) is 4.26. The molecule has 0 fully saturated rings. The number of nitrogens with two attached hydrogens (primary N) is 1. The molecule has 0 radical (unpaired) electrons. The number of pyridine rings is 1. The van der Waals surface area contributed by atoms with Crippen LogP contribution in [0.1, 0.15) is 5.56 Å². The lowest BCUT2D eigenvalue weighted by atomic mass is 10.3. The summed E-state index contributed by atoms with van der Waals surface area (Å²) >= 11 is 1.54. The molecule has 2 aromatic rings. The van der Waals surface area contributed by atoms with E-state index in [4.69, 9.17) is 11.0 Å². The van der Waals surface area contributed by atoms with Crippen LogP contribution in [-0.4, -0.2) is 4.98 Å². The van der Waals surface area contributed by atoms with Gasteiger partial charge in [-0.2, -0.15) is 5.26 Å². The molecule has 2 rings (SSSR count). The predicted octanol–water partition coefficient (Wildman–Crippen LogP) is 2.69. The lowest BCUT2D eigenvalue weighted by Gasteiger charge is -2.00. The maximum Gasteiger partial charge on any atom is 0.101 e. The number of aromatic nitrogens is 1. The minimum Gasteiger partial charge on any atom is -0.399 e. The number of anilines is 1. The molecule has 1 aromatic carbocycles. The van der Waals surface area contributed by atoms with E-state index in [1.807, 2.05) is 36.4 Å². The van der Waals surface area contributed by atoms with Crippen molar-refractivity contribution in [1.82, 2.24) is 4.98 Å². The van der Waals surface area contributed by atoms with Crippen molar-refractivity contribution in [3.8, 4) is 6.07 Å². The highest BCUT2D eigenvalue weighted by atomic mass is 32.2. The van der Waals surface area contributed by atoms with Gasteiger partial charge in [-0.05, 0) is 36.4 Å². The third kappa shape index (κ3) is 2.53. The maximum atomic E-state index is 8.64. The highest BCUT2D eigenvalue weighted by Crippen LogP contribution is 2.26. The molecule has 16 heavy (non-hydrogen) atoms. The van der Waals surface area contributed by atoms with Gasteiger partial charge < -0.3 is 5.73 Å². The Morgan fingerprint density at radius 3 is 2.44 bits per heavy atom. The molecule has 0 amide bonds. The van der Waals surface area contributed by atoms with Crippen LogP contribution in [0.5, 0.6) is 0 Å². The van der Waals surface area contributed by atoms with Crippen molar-refractivity contribution in [1.29, 1.82) is 5.26 Å². The smallest absolute Gasteiger partial charge is 0.101 e. The third-order valence-electron chi connectivity index (χ3n) is 1.97. The zero-order chi connectivity index (χ0) is 11.4. The SMILES string of the molecule is N#Cc1ccc(Sc2ccc(N)cc2)nc1. The van der Waals surface area contributed by atoms with Gasteiger partial charge in [-0.3, -0.25) is 0 Å². The summed E-state index contributed by atoms with van der Waals surface area (Å²) in [6.07, 6.45) is 1.57. The first kappa shape index (κ1) is 10.5. The van der Waals surface area contributed by atoms with Crippen LogP contribution in [0.25, 0.3) is 0 Å². The topological polar surface area (TPSA) is 62.7 Å². The normalized spacial score (nSPS) is 9.69. The van der Waals surface area contributed by atoms with Crippen LogP contribution in [-0.2, 0) is 0 Å². The molecule has 2 N–H and O–H groups in total. The van der Waals surface area contributed by atoms with Crippen LogP contribution in [0.2, 0.25) is 0 Å². The van der Waals surface area contributed by atoms with E-state index < -0.39 is 0 Å². The Morgan fingerprint density at radius 2 is 1.88 bits per heavy atom. The number of rotatable bonds is 2. The number of hydrogen-bond donors (Lipinski definition) is 1. The monoisotopic (exact) mass is 227 g/mol. The molecular formula is C12H9N3S. The zero-order valence-corrected chi connectivity index (χ0v) is 9.24. The van der Waals surface area contributed by atoms with E-state index in [2.05, 4.69) is 4.98 Å². The zero-order valence-electron chi connectivity index (χ0n) is 8.42. The van der Waals surface area contributed by atoms with Crippen LogP contribution in [0.15, 0.2) is 52.5 Å². The van der Waals surface area contributed by atoms with E-state index in [1.165, 1.54) is 11.8 Å². The molecule has 1 aromatic heterocycles. The van der Waals surface area contributed by atoms with Crippen molar-refractivity contribution >= 4 is 17.4 Å². The van der Waals surface area contributed by atoms with Crippen molar-refractivity contribution in [3.05, 3.63) is 48.2 Å². The minimum absolute atomic E-state index is 0.571. The highest BCUT2D eigenvalue weighted by Gasteiger charge is 1.98. The third-order valence-corrected chi connectivity index (χ3v) is 2.93. The molecule has 0 saturated carbocycles. The molecular weight excluding hydrogens is 218 g/mol. The van der Waals surface area contributed by atoms with Gasteiger partial charge in [-0.1, -0.05) is 11.8 Å². The van der Waals surface area contributed by atoms with Crippen LogP contribution >= 0.6 is 11.8 Å². The molecule has 78 valence electrons. The second-order valence-electron chi connectivity index (χ2n) is 3.17. The summed E-state index contributed by atoms with van der Waals surface area (Å²) < 4.78 is 0. The summed E-state index contributed by atoms with van der Waals surface area (Å²) in [5.74, 6) is 0. The lowest BCUT2D eigenvalue weighted by molar-refractivity contribution is 1.12. The van der Waals surface area contributed by atoms with Gasteiger partial charge in [-0.15, -0.1) is 0 Å². The first-order chi connectivity index (χ1) is 7.78. The summed E-state index contributed by atoms with van der Waals surface area (Å²) in [5.41, 5.74) is 6.92. The average Bonchev–Trinajstić information content (AvgIpc) is 2.33. The van der Waals surface area contributed by atoms with E-state index in [1.54, 1.807) is 12.3 Å². The van der Waals surface area contributed by atoms with Crippen LogP contribution in [0.3, 0.4) is 0 Å². The van der Waals surface area contributed by atoms with Gasteiger partial charge in [0.05, 0.1) is 5.56 Å². The molecule has 1 heterocycles. The fraction of sp³-hybridized carbons (Fsp3) is 0. The Kier molecular flexibility index (Phi) is 3.08. The Hall–Kier alpha value is -1.99. The largest absolute Gasteiger partial charge is 0.399 e. The van der Waals surface area contributed by atoms with Crippen LogP contribution in [0.4, 0.5) is 5.69 Å². The number of benzene rings is 1. The number of nitrogen functional groups attached to an aromatic ring is 1. The molecule has 0 aliphatic rings. The fourth-order valence-electron chi connectivity index (χ4n) is 1.16. The van der Waals surface area contributed by atoms with Crippen molar-refractivity contribution in [2.24, 2.45) is 0 Å². The number of hydrogen-bond acceptors (Lipinski definition) is 4. The van der Waals surface area contributed by atoms with Crippen molar-refractivity contribution in [3.63, 3.8) is 0 Å². The van der Waals surface area contributed by atoms with E-state index >= 15 is 0 Å². The molecule has 0 spiro atoms. The van der Waals surface area contributed by atoms with Crippen molar-refractivity contribution < 1.29 is 0 Å². The fourth-order valence-corrected chi connectivity index (χ4v) is 1.92. The van der Waals surface area contributed by atoms with Gasteiger partial charge in [-0.25, -0.2) is 4.98 Å². The summed E-state index contributed by atoms with van der Waals surface area (Å²) in [5, 5.41) is 9.50. The van der Waals surface area contributed by atoms with Gasteiger partial charge >= 0.3 is 0 Å². The summed E-state index contributed by atoms with van der Waals surface area (Å²) in [6, 6.07) is 13.2. The van der Waals surface area contributed by atoms with Crippen molar-refractivity contribution in [2.45, 2.75) is 9.92 Å². The molecule has 0 aliphatic heterocycles. The molecule has 0 bridgehead atoms. The summed E-state index contributed by atoms with van der Waals surface area (Å²) in [4.78, 5) is 5.25. The molecule has 3 nitrogen and oxygen atoms in total. The van der Waals surface area contributed by atoms with Crippen LogP contribution in [0, 0.1) is 11.3 Å². The Balaban J connectivity index is 2.15. The quantitative estimate of drug-likeness (QED) is 0.801. The Morgan fingerprint density at radius 1 is 1.12 bits per heavy atom. The van der Waals surface area contributed by atoms with E-state index in [0.29, 0.717) is 5.56 Å². The van der Waals surface area contributed by atoms with Crippen LogP contribution < -0.4 is 5.73 Å². The van der Waals surface area contributed by atoms with E-state index in [0.717, 1.165) is 15.6 Å². The maximum absolute atomic E-state index is 8.64.